The number of aromatic nitrogens is 1. The van der Waals surface area contributed by atoms with Crippen LogP contribution in [0.3, 0.4) is 0 Å². The van der Waals surface area contributed by atoms with Gasteiger partial charge in [-0.25, -0.2) is 0 Å². The van der Waals surface area contributed by atoms with Crippen LogP contribution in [0.5, 0.6) is 11.5 Å². The lowest BCUT2D eigenvalue weighted by Gasteiger charge is -2.29. The molecule has 9 aromatic rings. The van der Waals surface area contributed by atoms with E-state index in [2.05, 4.69) is 204 Å². The highest BCUT2D eigenvalue weighted by molar-refractivity contribution is 6.12. The highest BCUT2D eigenvalue weighted by Gasteiger charge is 2.26. The molecule has 0 N–H and O–H groups in total. The van der Waals surface area contributed by atoms with Crippen LogP contribution in [0.1, 0.15) is 0 Å². The summed E-state index contributed by atoms with van der Waals surface area (Å²) < 4.78 is 9.12. The average Bonchev–Trinajstić information content (AvgIpc) is 3.55. The van der Waals surface area contributed by atoms with Gasteiger partial charge in [0.05, 0.1) is 22.4 Å². The van der Waals surface area contributed by atoms with Crippen molar-refractivity contribution in [3.63, 3.8) is 0 Å². The highest BCUT2D eigenvalue weighted by atomic mass is 16.5. The number of rotatable bonds is 6. The van der Waals surface area contributed by atoms with Crippen molar-refractivity contribution in [2.45, 2.75) is 0 Å². The molecule has 1 aliphatic rings. The van der Waals surface area contributed by atoms with Gasteiger partial charge in [-0.15, -0.1) is 0 Å². The molecule has 0 atom stereocenters. The molecule has 240 valence electrons. The van der Waals surface area contributed by atoms with Gasteiger partial charge in [-0.2, -0.15) is 0 Å². The summed E-state index contributed by atoms with van der Waals surface area (Å²) >= 11 is 0. The van der Waals surface area contributed by atoms with E-state index in [-0.39, 0.29) is 0 Å². The van der Waals surface area contributed by atoms with Crippen molar-refractivity contribution in [2.75, 3.05) is 4.90 Å². The van der Waals surface area contributed by atoms with E-state index in [0.717, 1.165) is 50.9 Å². The van der Waals surface area contributed by atoms with E-state index in [9.17, 15) is 0 Å². The Morgan fingerprint density at radius 3 is 1.80 bits per heavy atom. The molecular formula is C48H32N2O. The summed E-state index contributed by atoms with van der Waals surface area (Å²) in [7, 11) is 0. The van der Waals surface area contributed by atoms with Crippen molar-refractivity contribution in [3.8, 4) is 50.6 Å². The quantitative estimate of drug-likeness (QED) is 0.178. The first-order chi connectivity index (χ1) is 25.3. The SMILES string of the molecule is c1ccc(-c2ccc(N(c3ccccc3)c3ccc(-c4cccc5c4Oc4cccc6c7ccccc7n-5c46)cc3)c(-c3ccccc3)c2)cc1. The zero-order chi connectivity index (χ0) is 33.7. The van der Waals surface area contributed by atoms with Crippen molar-refractivity contribution in [1.82, 2.24) is 4.57 Å². The molecule has 0 saturated heterocycles. The minimum atomic E-state index is 0.870. The molecule has 0 spiro atoms. The number of nitrogens with zero attached hydrogens (tertiary/aromatic N) is 2. The zero-order valence-corrected chi connectivity index (χ0v) is 27.8. The van der Waals surface area contributed by atoms with Crippen molar-refractivity contribution < 1.29 is 4.74 Å². The Bertz CT molecular complexity index is 2700. The van der Waals surface area contributed by atoms with Gasteiger partial charge in [-0.05, 0) is 76.9 Å². The predicted octanol–water partition coefficient (Wildman–Crippen LogP) is 13.4. The standard InChI is InChI=1S/C48H32N2O/c1-4-14-33(15-5-1)36-28-31-44(42(32-36)34-16-6-2-7-17-34)49(37-18-8-3-9-19-37)38-29-26-35(27-30-38)39-21-12-24-45-48(39)51-46-25-13-22-41-40-20-10-11-23-43(40)50(45)47(41)46/h1-32H. The summed E-state index contributed by atoms with van der Waals surface area (Å²) in [5.41, 5.74) is 13.5. The van der Waals surface area contributed by atoms with Crippen LogP contribution in [0.4, 0.5) is 17.1 Å². The Balaban J connectivity index is 1.11. The van der Waals surface area contributed by atoms with Gasteiger partial charge in [-0.3, -0.25) is 0 Å². The number of ether oxygens (including phenoxy) is 1. The van der Waals surface area contributed by atoms with Gasteiger partial charge in [0.15, 0.2) is 11.5 Å². The van der Waals surface area contributed by atoms with Gasteiger partial charge in [0.2, 0.25) is 0 Å². The highest BCUT2D eigenvalue weighted by Crippen LogP contribution is 2.49. The Morgan fingerprint density at radius 1 is 0.412 bits per heavy atom. The van der Waals surface area contributed by atoms with Crippen LogP contribution < -0.4 is 9.64 Å². The third kappa shape index (κ3) is 4.82. The lowest BCUT2D eigenvalue weighted by atomic mass is 9.96. The minimum absolute atomic E-state index is 0.870. The third-order valence-corrected chi connectivity index (χ3v) is 9.99. The van der Waals surface area contributed by atoms with E-state index in [1.54, 1.807) is 0 Å². The van der Waals surface area contributed by atoms with E-state index in [0.29, 0.717) is 0 Å². The largest absolute Gasteiger partial charge is 0.452 e. The van der Waals surface area contributed by atoms with E-state index in [1.807, 2.05) is 0 Å². The smallest absolute Gasteiger partial charge is 0.159 e. The molecule has 0 bridgehead atoms. The summed E-state index contributed by atoms with van der Waals surface area (Å²) in [5, 5.41) is 2.43. The summed E-state index contributed by atoms with van der Waals surface area (Å²) in [5.74, 6) is 1.75. The first kappa shape index (κ1) is 29.1. The van der Waals surface area contributed by atoms with Crippen molar-refractivity contribution in [2.24, 2.45) is 0 Å². The number of benzene rings is 8. The summed E-state index contributed by atoms with van der Waals surface area (Å²) in [4.78, 5) is 2.36. The summed E-state index contributed by atoms with van der Waals surface area (Å²) in [6.45, 7) is 0. The topological polar surface area (TPSA) is 17.4 Å². The Labute approximate surface area is 296 Å². The second-order valence-electron chi connectivity index (χ2n) is 12.9. The fourth-order valence-corrected chi connectivity index (χ4v) is 7.65. The van der Waals surface area contributed by atoms with Crippen molar-refractivity contribution in [3.05, 3.63) is 194 Å². The maximum atomic E-state index is 6.76. The lowest BCUT2D eigenvalue weighted by molar-refractivity contribution is 0.478. The Morgan fingerprint density at radius 2 is 1.02 bits per heavy atom. The van der Waals surface area contributed by atoms with Crippen molar-refractivity contribution >= 4 is 38.9 Å². The molecule has 0 radical (unpaired) electrons. The van der Waals surface area contributed by atoms with E-state index in [1.165, 1.54) is 38.5 Å². The fraction of sp³-hybridized carbons (Fsp3) is 0. The lowest BCUT2D eigenvalue weighted by Crippen LogP contribution is -2.11. The third-order valence-electron chi connectivity index (χ3n) is 9.99. The monoisotopic (exact) mass is 652 g/mol. The molecular weight excluding hydrogens is 621 g/mol. The molecule has 10 rings (SSSR count). The van der Waals surface area contributed by atoms with Crippen LogP contribution in [0.15, 0.2) is 194 Å². The minimum Gasteiger partial charge on any atom is -0.452 e. The molecule has 1 aliphatic heterocycles. The van der Waals surface area contributed by atoms with Gasteiger partial charge in [0.1, 0.15) is 0 Å². The molecule has 0 saturated carbocycles. The maximum Gasteiger partial charge on any atom is 0.159 e. The Hall–Kier alpha value is -6.84. The van der Waals surface area contributed by atoms with Gasteiger partial charge in [0, 0.05) is 33.3 Å². The molecule has 2 heterocycles. The molecule has 51 heavy (non-hydrogen) atoms. The zero-order valence-electron chi connectivity index (χ0n) is 27.8. The van der Waals surface area contributed by atoms with E-state index >= 15 is 0 Å². The first-order valence-corrected chi connectivity index (χ1v) is 17.4. The summed E-state index contributed by atoms with van der Waals surface area (Å²) in [6.07, 6.45) is 0. The molecule has 1 aromatic heterocycles. The van der Waals surface area contributed by atoms with Crippen LogP contribution in [-0.2, 0) is 0 Å². The molecule has 3 heteroatoms. The van der Waals surface area contributed by atoms with Crippen LogP contribution in [0.2, 0.25) is 0 Å². The molecule has 0 aliphatic carbocycles. The van der Waals surface area contributed by atoms with Gasteiger partial charge < -0.3 is 14.2 Å². The van der Waals surface area contributed by atoms with Crippen molar-refractivity contribution in [1.29, 1.82) is 0 Å². The number of anilines is 3. The second-order valence-corrected chi connectivity index (χ2v) is 12.9. The average molecular weight is 653 g/mol. The van der Waals surface area contributed by atoms with Gasteiger partial charge >= 0.3 is 0 Å². The first-order valence-electron chi connectivity index (χ1n) is 17.4. The molecule has 8 aromatic carbocycles. The van der Waals surface area contributed by atoms with Crippen LogP contribution in [0.25, 0.3) is 60.9 Å². The number of fused-ring (bicyclic) bond motifs is 5. The normalized spacial score (nSPS) is 11.7. The predicted molar refractivity (Wildman–Crippen MR) is 212 cm³/mol. The van der Waals surface area contributed by atoms with Crippen LogP contribution in [-0.4, -0.2) is 4.57 Å². The Kier molecular flexibility index (Phi) is 6.81. The van der Waals surface area contributed by atoms with E-state index < -0.39 is 0 Å². The fourth-order valence-electron chi connectivity index (χ4n) is 7.65. The molecule has 0 fully saturated rings. The second kappa shape index (κ2) is 11.9. The number of para-hydroxylation sites is 4. The molecule has 0 amide bonds. The summed E-state index contributed by atoms with van der Waals surface area (Å²) in [6, 6.07) is 69.0. The van der Waals surface area contributed by atoms with Crippen LogP contribution in [0, 0.1) is 0 Å². The van der Waals surface area contributed by atoms with E-state index in [4.69, 9.17) is 4.74 Å². The van der Waals surface area contributed by atoms with Gasteiger partial charge in [0.25, 0.3) is 0 Å². The molecule has 3 nitrogen and oxygen atoms in total. The maximum absolute atomic E-state index is 6.76. The number of hydrogen-bond donors (Lipinski definition) is 0. The van der Waals surface area contributed by atoms with Crippen LogP contribution >= 0.6 is 0 Å². The molecule has 0 unspecified atom stereocenters. The van der Waals surface area contributed by atoms with Gasteiger partial charge in [-0.1, -0.05) is 140 Å². The number of hydrogen-bond acceptors (Lipinski definition) is 2.